The van der Waals surface area contributed by atoms with Gasteiger partial charge in [-0.05, 0) is 29.4 Å². The highest BCUT2D eigenvalue weighted by molar-refractivity contribution is 5.80. The van der Waals surface area contributed by atoms with Gasteiger partial charge in [0.1, 0.15) is 0 Å². The second kappa shape index (κ2) is 7.48. The molecular weight excluding hydrogens is 272 g/mol. The maximum atomic E-state index is 12.6. The maximum absolute atomic E-state index is 12.6. The van der Waals surface area contributed by atoms with Crippen LogP contribution in [-0.2, 0) is 11.3 Å². The van der Waals surface area contributed by atoms with Gasteiger partial charge in [0.25, 0.3) is 0 Å². The van der Waals surface area contributed by atoms with Crippen molar-refractivity contribution in [2.24, 2.45) is 11.8 Å². The van der Waals surface area contributed by atoms with E-state index in [1.165, 1.54) is 10.9 Å². The molecule has 0 fully saturated rings. The Labute approximate surface area is 133 Å². The molecule has 0 radical (unpaired) electrons. The Morgan fingerprint density at radius 2 is 1.68 bits per heavy atom. The van der Waals surface area contributed by atoms with Crippen molar-refractivity contribution in [3.63, 3.8) is 0 Å². The van der Waals surface area contributed by atoms with E-state index in [1.807, 2.05) is 17.0 Å². The summed E-state index contributed by atoms with van der Waals surface area (Å²) in [6.07, 6.45) is 2.64. The summed E-state index contributed by atoms with van der Waals surface area (Å²) in [5.41, 5.74) is 1.20. The molecule has 3 heteroatoms. The standard InChI is InChI=1S/C19H28N2O/c1-15(2)13-21(14-16(3)4)19(22)10-12-20-11-9-17-7-5-6-8-18(17)20/h5-9,11,15-16H,10,12-14H2,1-4H3. The van der Waals surface area contributed by atoms with Gasteiger partial charge in [-0.15, -0.1) is 0 Å². The summed E-state index contributed by atoms with van der Waals surface area (Å²) < 4.78 is 2.18. The molecule has 2 aromatic rings. The van der Waals surface area contributed by atoms with E-state index in [1.54, 1.807) is 0 Å². The smallest absolute Gasteiger partial charge is 0.224 e. The molecule has 0 spiro atoms. The van der Waals surface area contributed by atoms with Crippen LogP contribution in [0.1, 0.15) is 34.1 Å². The highest BCUT2D eigenvalue weighted by Gasteiger charge is 2.16. The molecule has 0 bridgehead atoms. The van der Waals surface area contributed by atoms with Gasteiger partial charge < -0.3 is 9.47 Å². The first-order chi connectivity index (χ1) is 10.5. The van der Waals surface area contributed by atoms with Crippen molar-refractivity contribution in [2.75, 3.05) is 13.1 Å². The van der Waals surface area contributed by atoms with E-state index in [9.17, 15) is 4.79 Å². The van der Waals surface area contributed by atoms with Gasteiger partial charge in [0, 0.05) is 37.8 Å². The molecular formula is C19H28N2O. The minimum Gasteiger partial charge on any atom is -0.347 e. The maximum Gasteiger partial charge on any atom is 0.224 e. The molecule has 2 rings (SSSR count). The Kier molecular flexibility index (Phi) is 5.64. The molecule has 120 valence electrons. The number of rotatable bonds is 7. The number of hydrogen-bond acceptors (Lipinski definition) is 1. The van der Waals surface area contributed by atoms with Gasteiger partial charge in [0.05, 0.1) is 0 Å². The molecule has 0 N–H and O–H groups in total. The fourth-order valence-electron chi connectivity index (χ4n) is 2.87. The number of carbonyl (C=O) groups excluding carboxylic acids is 1. The predicted molar refractivity (Wildman–Crippen MR) is 92.8 cm³/mol. The van der Waals surface area contributed by atoms with Crippen LogP contribution < -0.4 is 0 Å². The Morgan fingerprint density at radius 1 is 1.05 bits per heavy atom. The summed E-state index contributed by atoms with van der Waals surface area (Å²) in [5.74, 6) is 1.28. The van der Waals surface area contributed by atoms with Gasteiger partial charge in [-0.25, -0.2) is 0 Å². The number of benzene rings is 1. The topological polar surface area (TPSA) is 25.2 Å². The number of aryl methyl sites for hydroxylation is 1. The Balaban J connectivity index is 2.00. The third-order valence-electron chi connectivity index (χ3n) is 3.77. The van der Waals surface area contributed by atoms with Gasteiger partial charge >= 0.3 is 0 Å². The molecule has 0 saturated heterocycles. The van der Waals surface area contributed by atoms with E-state index in [0.29, 0.717) is 18.3 Å². The van der Waals surface area contributed by atoms with Crippen LogP contribution in [0.15, 0.2) is 36.5 Å². The van der Waals surface area contributed by atoms with Crippen LogP contribution in [0.4, 0.5) is 0 Å². The lowest BCUT2D eigenvalue weighted by Crippen LogP contribution is -2.37. The molecule has 1 aromatic carbocycles. The van der Waals surface area contributed by atoms with Crippen molar-refractivity contribution < 1.29 is 4.79 Å². The lowest BCUT2D eigenvalue weighted by atomic mass is 10.1. The minimum absolute atomic E-state index is 0.264. The van der Waals surface area contributed by atoms with Crippen molar-refractivity contribution in [3.05, 3.63) is 36.5 Å². The van der Waals surface area contributed by atoms with E-state index in [4.69, 9.17) is 0 Å². The van der Waals surface area contributed by atoms with Crippen molar-refractivity contribution in [3.8, 4) is 0 Å². The zero-order valence-corrected chi connectivity index (χ0v) is 14.2. The molecule has 1 aromatic heterocycles. The zero-order chi connectivity index (χ0) is 16.1. The second-order valence-corrected chi connectivity index (χ2v) is 6.90. The van der Waals surface area contributed by atoms with Crippen molar-refractivity contribution in [1.29, 1.82) is 0 Å². The molecule has 0 aliphatic rings. The highest BCUT2D eigenvalue weighted by Crippen LogP contribution is 2.16. The molecule has 0 unspecified atom stereocenters. The molecule has 3 nitrogen and oxygen atoms in total. The van der Waals surface area contributed by atoms with Gasteiger partial charge in [-0.3, -0.25) is 4.79 Å². The van der Waals surface area contributed by atoms with E-state index < -0.39 is 0 Å². The number of nitrogens with zero attached hydrogens (tertiary/aromatic N) is 2. The highest BCUT2D eigenvalue weighted by atomic mass is 16.2. The predicted octanol–water partition coefficient (Wildman–Crippen LogP) is 4.17. The van der Waals surface area contributed by atoms with Gasteiger partial charge in [-0.1, -0.05) is 45.9 Å². The van der Waals surface area contributed by atoms with Crippen molar-refractivity contribution in [1.82, 2.24) is 9.47 Å². The average molecular weight is 300 g/mol. The summed E-state index contributed by atoms with van der Waals surface area (Å²) in [4.78, 5) is 14.6. The quantitative estimate of drug-likeness (QED) is 0.753. The van der Waals surface area contributed by atoms with E-state index >= 15 is 0 Å². The summed E-state index contributed by atoms with van der Waals surface area (Å²) in [5, 5.41) is 1.23. The Hall–Kier alpha value is -1.77. The molecule has 1 amide bonds. The second-order valence-electron chi connectivity index (χ2n) is 6.90. The van der Waals surface area contributed by atoms with E-state index in [-0.39, 0.29) is 5.91 Å². The normalized spacial score (nSPS) is 11.5. The third-order valence-corrected chi connectivity index (χ3v) is 3.77. The number of aromatic nitrogens is 1. The van der Waals surface area contributed by atoms with Crippen LogP contribution in [0.2, 0.25) is 0 Å². The Bertz CT molecular complexity index is 603. The summed E-state index contributed by atoms with van der Waals surface area (Å²) in [6.45, 7) is 11.1. The van der Waals surface area contributed by atoms with Crippen LogP contribution in [0.5, 0.6) is 0 Å². The largest absolute Gasteiger partial charge is 0.347 e. The number of para-hydroxylation sites is 1. The van der Waals surface area contributed by atoms with E-state index in [0.717, 1.165) is 19.6 Å². The molecule has 22 heavy (non-hydrogen) atoms. The van der Waals surface area contributed by atoms with Crippen molar-refractivity contribution >= 4 is 16.8 Å². The number of carbonyl (C=O) groups is 1. The van der Waals surface area contributed by atoms with Gasteiger partial charge in [0.15, 0.2) is 0 Å². The number of amides is 1. The Morgan fingerprint density at radius 3 is 2.32 bits per heavy atom. The number of fused-ring (bicyclic) bond motifs is 1. The SMILES string of the molecule is CC(C)CN(CC(C)C)C(=O)CCn1ccc2ccccc21. The third kappa shape index (κ3) is 4.36. The first kappa shape index (κ1) is 16.6. The molecule has 0 atom stereocenters. The monoisotopic (exact) mass is 300 g/mol. The zero-order valence-electron chi connectivity index (χ0n) is 14.2. The molecule has 0 saturated carbocycles. The van der Waals surface area contributed by atoms with Gasteiger partial charge in [0.2, 0.25) is 5.91 Å². The fraction of sp³-hybridized carbons (Fsp3) is 0.526. The fourth-order valence-corrected chi connectivity index (χ4v) is 2.87. The van der Waals surface area contributed by atoms with Crippen molar-refractivity contribution in [2.45, 2.75) is 40.7 Å². The molecule has 0 aliphatic heterocycles. The number of hydrogen-bond donors (Lipinski definition) is 0. The minimum atomic E-state index is 0.264. The van der Waals surface area contributed by atoms with Crippen LogP contribution in [0.25, 0.3) is 10.9 Å². The van der Waals surface area contributed by atoms with Gasteiger partial charge in [-0.2, -0.15) is 0 Å². The van der Waals surface area contributed by atoms with E-state index in [2.05, 4.69) is 56.7 Å². The lowest BCUT2D eigenvalue weighted by Gasteiger charge is -2.26. The molecule has 1 heterocycles. The van der Waals surface area contributed by atoms with Crippen LogP contribution >= 0.6 is 0 Å². The summed E-state index contributed by atoms with van der Waals surface area (Å²) >= 11 is 0. The van der Waals surface area contributed by atoms with Crippen LogP contribution in [-0.4, -0.2) is 28.5 Å². The first-order valence-corrected chi connectivity index (χ1v) is 8.29. The summed E-state index contributed by atoms with van der Waals surface area (Å²) in [6, 6.07) is 10.4. The van der Waals surface area contributed by atoms with Crippen LogP contribution in [0, 0.1) is 11.8 Å². The average Bonchev–Trinajstić information content (AvgIpc) is 2.86. The molecule has 0 aliphatic carbocycles. The lowest BCUT2D eigenvalue weighted by molar-refractivity contribution is -0.132. The summed E-state index contributed by atoms with van der Waals surface area (Å²) in [7, 11) is 0. The van der Waals surface area contributed by atoms with Crippen LogP contribution in [0.3, 0.4) is 0 Å². The first-order valence-electron chi connectivity index (χ1n) is 8.29.